The number of carbonyl (C=O) groups is 3. The van der Waals surface area contributed by atoms with Gasteiger partial charge >= 0.3 is 6.09 Å². The number of rotatable bonds is 7. The maximum Gasteiger partial charge on any atom is 0.417 e. The summed E-state index contributed by atoms with van der Waals surface area (Å²) in [6.45, 7) is 0.272. The molecule has 0 saturated carbocycles. The Hall–Kier alpha value is -3.19. The van der Waals surface area contributed by atoms with Crippen LogP contribution in [0.4, 0.5) is 10.5 Å². The van der Waals surface area contributed by atoms with Crippen molar-refractivity contribution in [3.05, 3.63) is 53.6 Å². The monoisotopic (exact) mass is 356 g/mol. The van der Waals surface area contributed by atoms with Crippen LogP contribution in [-0.2, 0) is 0 Å². The van der Waals surface area contributed by atoms with Crippen LogP contribution in [0.2, 0.25) is 0 Å². The number of ketones is 1. The van der Waals surface area contributed by atoms with Gasteiger partial charge in [0, 0.05) is 16.8 Å². The summed E-state index contributed by atoms with van der Waals surface area (Å²) in [6, 6.07) is 11.1. The van der Waals surface area contributed by atoms with Crippen LogP contribution >= 0.6 is 0 Å². The van der Waals surface area contributed by atoms with E-state index in [2.05, 4.69) is 5.32 Å². The molecule has 0 fully saturated rings. The Morgan fingerprint density at radius 1 is 1.12 bits per heavy atom. The molecule has 0 aromatic heterocycles. The van der Waals surface area contributed by atoms with Crippen molar-refractivity contribution in [3.63, 3.8) is 0 Å². The number of aldehydes is 1. The molecule has 136 valence electrons. The van der Waals surface area contributed by atoms with Crippen molar-refractivity contribution >= 4 is 23.9 Å². The molecule has 1 N–H and O–H groups in total. The van der Waals surface area contributed by atoms with Crippen LogP contribution in [0.25, 0.3) is 0 Å². The topological polar surface area (TPSA) is 84.9 Å². The molecule has 0 radical (unpaired) electrons. The predicted octanol–water partition coefficient (Wildman–Crippen LogP) is 2.86. The first-order valence-corrected chi connectivity index (χ1v) is 7.83. The highest BCUT2D eigenvalue weighted by atomic mass is 16.6. The molecule has 1 amide bonds. The van der Waals surface area contributed by atoms with Gasteiger partial charge in [-0.05, 0) is 44.4 Å². The molecule has 0 aliphatic carbocycles. The van der Waals surface area contributed by atoms with Crippen molar-refractivity contribution in [2.24, 2.45) is 0 Å². The molecule has 7 nitrogen and oxygen atoms in total. The lowest BCUT2D eigenvalue weighted by Gasteiger charge is -2.12. The third-order valence-electron chi connectivity index (χ3n) is 3.42. The average Bonchev–Trinajstić information content (AvgIpc) is 2.61. The van der Waals surface area contributed by atoms with E-state index in [1.54, 1.807) is 43.3 Å². The SMILES string of the molecule is COc1cc(C=O)ccc1OC(=O)Nc1cccc(C(=O)CN(C)C)c1. The van der Waals surface area contributed by atoms with E-state index in [9.17, 15) is 14.4 Å². The normalized spacial score (nSPS) is 10.3. The van der Waals surface area contributed by atoms with Crippen LogP contribution in [0, 0.1) is 0 Å². The molecule has 2 aromatic carbocycles. The summed E-state index contributed by atoms with van der Waals surface area (Å²) in [5.74, 6) is 0.383. The molecule has 26 heavy (non-hydrogen) atoms. The van der Waals surface area contributed by atoms with Crippen molar-refractivity contribution in [2.45, 2.75) is 0 Å². The van der Waals surface area contributed by atoms with E-state index in [-0.39, 0.29) is 23.8 Å². The van der Waals surface area contributed by atoms with Gasteiger partial charge in [0.25, 0.3) is 0 Å². The Kier molecular flexibility index (Phi) is 6.46. The second-order valence-electron chi connectivity index (χ2n) is 5.78. The fourth-order valence-electron chi connectivity index (χ4n) is 2.23. The van der Waals surface area contributed by atoms with Crippen LogP contribution in [0.3, 0.4) is 0 Å². The number of nitrogens with zero attached hydrogens (tertiary/aromatic N) is 1. The Bertz CT molecular complexity index is 817. The molecule has 0 atom stereocenters. The maximum absolute atomic E-state index is 12.1. The molecule has 0 unspecified atom stereocenters. The number of likely N-dealkylation sites (N-methyl/N-ethyl adjacent to an activating group) is 1. The van der Waals surface area contributed by atoms with E-state index in [1.807, 2.05) is 0 Å². The number of nitrogens with one attached hydrogen (secondary N) is 1. The van der Waals surface area contributed by atoms with Crippen molar-refractivity contribution < 1.29 is 23.9 Å². The van der Waals surface area contributed by atoms with E-state index < -0.39 is 6.09 Å². The number of anilines is 1. The van der Waals surface area contributed by atoms with E-state index in [1.165, 1.54) is 25.3 Å². The second kappa shape index (κ2) is 8.77. The predicted molar refractivity (Wildman–Crippen MR) is 97.4 cm³/mol. The maximum atomic E-state index is 12.1. The summed E-state index contributed by atoms with van der Waals surface area (Å²) >= 11 is 0. The summed E-state index contributed by atoms with van der Waals surface area (Å²) in [6.07, 6.45) is -0.0674. The van der Waals surface area contributed by atoms with Crippen LogP contribution in [0.15, 0.2) is 42.5 Å². The van der Waals surface area contributed by atoms with Crippen LogP contribution in [0.1, 0.15) is 20.7 Å². The number of ether oxygens (including phenoxy) is 2. The van der Waals surface area contributed by atoms with Gasteiger partial charge in [-0.2, -0.15) is 0 Å². The van der Waals surface area contributed by atoms with E-state index in [0.29, 0.717) is 23.1 Å². The van der Waals surface area contributed by atoms with Gasteiger partial charge in [-0.15, -0.1) is 0 Å². The summed E-state index contributed by atoms with van der Waals surface area (Å²) in [4.78, 5) is 36.8. The van der Waals surface area contributed by atoms with Gasteiger partial charge in [0.1, 0.15) is 6.29 Å². The fraction of sp³-hybridized carbons (Fsp3) is 0.211. The zero-order chi connectivity index (χ0) is 19.1. The second-order valence-corrected chi connectivity index (χ2v) is 5.78. The first-order valence-electron chi connectivity index (χ1n) is 7.83. The van der Waals surface area contributed by atoms with Gasteiger partial charge in [0.05, 0.1) is 13.7 Å². The smallest absolute Gasteiger partial charge is 0.417 e. The number of benzene rings is 2. The molecule has 0 aliphatic rings. The third kappa shape index (κ3) is 5.15. The van der Waals surface area contributed by atoms with E-state index in [4.69, 9.17) is 9.47 Å². The Labute approximate surface area is 151 Å². The van der Waals surface area contributed by atoms with Crippen LogP contribution < -0.4 is 14.8 Å². The highest BCUT2D eigenvalue weighted by molar-refractivity contribution is 5.99. The number of carbonyl (C=O) groups excluding carboxylic acids is 3. The third-order valence-corrected chi connectivity index (χ3v) is 3.42. The van der Waals surface area contributed by atoms with Gasteiger partial charge in [0.2, 0.25) is 0 Å². The molecule has 0 heterocycles. The zero-order valence-corrected chi connectivity index (χ0v) is 14.8. The molecule has 0 saturated heterocycles. The molecule has 0 aliphatic heterocycles. The van der Waals surface area contributed by atoms with Crippen molar-refractivity contribution in [2.75, 3.05) is 33.1 Å². The molecular weight excluding hydrogens is 336 g/mol. The number of Topliss-reactive ketones (excluding diaryl/α,β-unsaturated/α-hetero) is 1. The zero-order valence-electron chi connectivity index (χ0n) is 14.8. The van der Waals surface area contributed by atoms with Gasteiger partial charge in [-0.25, -0.2) is 4.79 Å². The van der Waals surface area contributed by atoms with Gasteiger partial charge in [-0.3, -0.25) is 14.9 Å². The highest BCUT2D eigenvalue weighted by Crippen LogP contribution is 2.28. The standard InChI is InChI=1S/C19H20N2O5/c1-21(2)11-16(23)14-5-4-6-15(10-14)20-19(24)26-17-8-7-13(12-22)9-18(17)25-3/h4-10,12H,11H2,1-3H3,(H,20,24). The van der Waals surface area contributed by atoms with Crippen LogP contribution in [0.5, 0.6) is 11.5 Å². The first-order chi connectivity index (χ1) is 12.4. The van der Waals surface area contributed by atoms with E-state index in [0.717, 1.165) is 0 Å². The van der Waals surface area contributed by atoms with Crippen molar-refractivity contribution in [3.8, 4) is 11.5 Å². The fourth-order valence-corrected chi connectivity index (χ4v) is 2.23. The highest BCUT2D eigenvalue weighted by Gasteiger charge is 2.13. The molecule has 2 rings (SSSR count). The minimum Gasteiger partial charge on any atom is -0.493 e. The Morgan fingerprint density at radius 2 is 1.88 bits per heavy atom. The van der Waals surface area contributed by atoms with Crippen molar-refractivity contribution in [1.29, 1.82) is 0 Å². The quantitative estimate of drug-likeness (QED) is 0.606. The summed E-state index contributed by atoms with van der Waals surface area (Å²) in [5.41, 5.74) is 1.33. The van der Waals surface area contributed by atoms with Gasteiger partial charge in [0.15, 0.2) is 17.3 Å². The minimum atomic E-state index is -0.737. The number of hydrogen-bond acceptors (Lipinski definition) is 6. The number of hydrogen-bond donors (Lipinski definition) is 1. The number of methoxy groups -OCH3 is 1. The summed E-state index contributed by atoms with van der Waals surface area (Å²) in [5, 5.41) is 2.57. The molecular formula is C19H20N2O5. The summed E-state index contributed by atoms with van der Waals surface area (Å²) in [7, 11) is 5.02. The van der Waals surface area contributed by atoms with Gasteiger partial charge < -0.3 is 14.4 Å². The van der Waals surface area contributed by atoms with Gasteiger partial charge in [-0.1, -0.05) is 12.1 Å². The molecule has 0 spiro atoms. The Morgan fingerprint density at radius 3 is 2.54 bits per heavy atom. The van der Waals surface area contributed by atoms with Crippen molar-refractivity contribution in [1.82, 2.24) is 4.90 Å². The minimum absolute atomic E-state index is 0.0573. The first kappa shape index (κ1) is 19.1. The summed E-state index contributed by atoms with van der Waals surface area (Å²) < 4.78 is 10.3. The lowest BCUT2D eigenvalue weighted by molar-refractivity contribution is 0.0957. The molecule has 2 aromatic rings. The molecule has 0 bridgehead atoms. The Balaban J connectivity index is 2.08. The number of amides is 1. The largest absolute Gasteiger partial charge is 0.493 e. The lowest BCUT2D eigenvalue weighted by Crippen LogP contribution is -2.22. The van der Waals surface area contributed by atoms with Crippen LogP contribution in [-0.4, -0.2) is 50.8 Å². The lowest BCUT2D eigenvalue weighted by atomic mass is 10.1. The van der Waals surface area contributed by atoms with E-state index >= 15 is 0 Å². The molecule has 7 heteroatoms. The average molecular weight is 356 g/mol.